The van der Waals surface area contributed by atoms with Crippen molar-refractivity contribution in [3.8, 4) is 0 Å². The molecule has 0 aliphatic rings. The summed E-state index contributed by atoms with van der Waals surface area (Å²) in [7, 11) is 0. The lowest BCUT2D eigenvalue weighted by Crippen LogP contribution is -2.04. The van der Waals surface area contributed by atoms with E-state index in [1.165, 1.54) is 17.0 Å². The van der Waals surface area contributed by atoms with Crippen molar-refractivity contribution >= 4 is 11.6 Å². The minimum Gasteiger partial charge on any atom is -0.270 e. The van der Waals surface area contributed by atoms with Gasteiger partial charge in [-0.2, -0.15) is 5.10 Å². The van der Waals surface area contributed by atoms with Crippen LogP contribution in [0.15, 0.2) is 36.4 Å². The molecule has 0 bridgehead atoms. The normalized spacial score (nSPS) is 12.6. The Balaban J connectivity index is 2.00. The third kappa shape index (κ3) is 3.60. The van der Waals surface area contributed by atoms with Crippen molar-refractivity contribution in [1.82, 2.24) is 9.78 Å². The van der Waals surface area contributed by atoms with Gasteiger partial charge in [-0.05, 0) is 37.8 Å². The summed E-state index contributed by atoms with van der Waals surface area (Å²) in [5.74, 6) is 0. The molecule has 0 radical (unpaired) electrons. The lowest BCUT2D eigenvalue weighted by atomic mass is 10.1. The molecule has 0 spiro atoms. The summed E-state index contributed by atoms with van der Waals surface area (Å²) in [4.78, 5) is 0. The topological polar surface area (TPSA) is 17.8 Å². The van der Waals surface area contributed by atoms with Crippen molar-refractivity contribution in [2.24, 2.45) is 0 Å². The summed E-state index contributed by atoms with van der Waals surface area (Å²) in [6, 6.07) is 12.5. The summed E-state index contributed by atoms with van der Waals surface area (Å²) >= 11 is 6.46. The number of hydrogen-bond acceptors (Lipinski definition) is 1. The lowest BCUT2D eigenvalue weighted by Gasteiger charge is -2.10. The van der Waals surface area contributed by atoms with Gasteiger partial charge in [0.05, 0.1) is 11.1 Å². The number of nitrogens with zero attached hydrogens (tertiary/aromatic N) is 2. The molecule has 1 atom stereocenters. The average Bonchev–Trinajstić information content (AvgIpc) is 2.88. The van der Waals surface area contributed by atoms with Crippen molar-refractivity contribution < 1.29 is 0 Å². The van der Waals surface area contributed by atoms with Crippen LogP contribution >= 0.6 is 11.6 Å². The van der Waals surface area contributed by atoms with E-state index in [0.717, 1.165) is 25.8 Å². The quantitative estimate of drug-likeness (QED) is 0.716. The van der Waals surface area contributed by atoms with Crippen LogP contribution in [0.3, 0.4) is 0 Å². The molecule has 0 fully saturated rings. The van der Waals surface area contributed by atoms with Crippen LogP contribution in [0, 0.1) is 0 Å². The molecule has 1 aromatic carbocycles. The molecule has 0 N–H and O–H groups in total. The van der Waals surface area contributed by atoms with E-state index < -0.39 is 0 Å². The number of halogens is 1. The Bertz CT molecular complexity index is 505. The average molecular weight is 277 g/mol. The van der Waals surface area contributed by atoms with Gasteiger partial charge in [-0.1, -0.05) is 37.3 Å². The predicted molar refractivity (Wildman–Crippen MR) is 80.6 cm³/mol. The van der Waals surface area contributed by atoms with Gasteiger partial charge in [-0.15, -0.1) is 11.6 Å². The Morgan fingerprint density at radius 2 is 1.95 bits per heavy atom. The van der Waals surface area contributed by atoms with Crippen LogP contribution in [0.5, 0.6) is 0 Å². The van der Waals surface area contributed by atoms with E-state index in [4.69, 9.17) is 11.6 Å². The highest BCUT2D eigenvalue weighted by Gasteiger charge is 2.11. The Labute approximate surface area is 120 Å². The first-order valence-electron chi connectivity index (χ1n) is 6.99. The van der Waals surface area contributed by atoms with Gasteiger partial charge in [0.2, 0.25) is 0 Å². The van der Waals surface area contributed by atoms with E-state index in [0.29, 0.717) is 0 Å². The minimum atomic E-state index is 0.0754. The second-order valence-corrected chi connectivity index (χ2v) is 5.24. The first kappa shape index (κ1) is 14.1. The fourth-order valence-corrected chi connectivity index (χ4v) is 2.52. The molecule has 3 heteroatoms. The summed E-state index contributed by atoms with van der Waals surface area (Å²) in [6.45, 7) is 5.19. The van der Waals surface area contributed by atoms with Crippen LogP contribution in [-0.4, -0.2) is 9.78 Å². The third-order valence-electron chi connectivity index (χ3n) is 3.39. The summed E-state index contributed by atoms with van der Waals surface area (Å²) in [5, 5.41) is 4.65. The highest BCUT2D eigenvalue weighted by Crippen LogP contribution is 2.25. The molecule has 2 aromatic rings. The Hall–Kier alpha value is -1.28. The van der Waals surface area contributed by atoms with Crippen molar-refractivity contribution in [3.63, 3.8) is 0 Å². The second-order valence-electron chi connectivity index (χ2n) is 4.71. The van der Waals surface area contributed by atoms with Crippen molar-refractivity contribution in [2.75, 3.05) is 0 Å². The Morgan fingerprint density at radius 3 is 2.58 bits per heavy atom. The van der Waals surface area contributed by atoms with Gasteiger partial charge in [-0.3, -0.25) is 4.68 Å². The molecule has 0 aliphatic heterocycles. The van der Waals surface area contributed by atoms with E-state index in [1.807, 2.05) is 18.2 Å². The van der Waals surface area contributed by atoms with Crippen LogP contribution in [0.25, 0.3) is 0 Å². The molecule has 0 saturated carbocycles. The Kier molecular flexibility index (Phi) is 5.03. The number of alkyl halides is 1. The number of benzene rings is 1. The monoisotopic (exact) mass is 276 g/mol. The Morgan fingerprint density at radius 1 is 1.21 bits per heavy atom. The van der Waals surface area contributed by atoms with E-state index in [9.17, 15) is 0 Å². The van der Waals surface area contributed by atoms with Gasteiger partial charge in [0.25, 0.3) is 0 Å². The standard InChI is InChI=1S/C16H21ClN2/c1-3-14-12-15(19(4-2)18-14)10-11-16(17)13-8-6-5-7-9-13/h5-9,12,16H,3-4,10-11H2,1-2H3. The molecule has 2 nitrogen and oxygen atoms in total. The first-order chi connectivity index (χ1) is 9.24. The fourth-order valence-electron chi connectivity index (χ4n) is 2.27. The van der Waals surface area contributed by atoms with Crippen molar-refractivity contribution in [1.29, 1.82) is 0 Å². The van der Waals surface area contributed by atoms with Gasteiger partial charge < -0.3 is 0 Å². The van der Waals surface area contributed by atoms with Crippen LogP contribution in [0.1, 0.15) is 42.6 Å². The molecule has 1 heterocycles. The van der Waals surface area contributed by atoms with Gasteiger partial charge in [0, 0.05) is 12.2 Å². The zero-order chi connectivity index (χ0) is 13.7. The van der Waals surface area contributed by atoms with Crippen LogP contribution in [-0.2, 0) is 19.4 Å². The maximum absolute atomic E-state index is 6.46. The number of aromatic nitrogens is 2. The number of aryl methyl sites for hydroxylation is 3. The van der Waals surface area contributed by atoms with Crippen LogP contribution in [0.4, 0.5) is 0 Å². The first-order valence-corrected chi connectivity index (χ1v) is 7.42. The number of rotatable bonds is 6. The lowest BCUT2D eigenvalue weighted by molar-refractivity contribution is 0.601. The molecule has 1 unspecified atom stereocenters. The smallest absolute Gasteiger partial charge is 0.0624 e. The van der Waals surface area contributed by atoms with Gasteiger partial charge in [0.1, 0.15) is 0 Å². The molecule has 0 aliphatic carbocycles. The molecule has 0 saturated heterocycles. The predicted octanol–water partition coefficient (Wildman–Crippen LogP) is 4.38. The molecule has 19 heavy (non-hydrogen) atoms. The summed E-state index contributed by atoms with van der Waals surface area (Å²) < 4.78 is 2.09. The van der Waals surface area contributed by atoms with Crippen molar-refractivity contribution in [3.05, 3.63) is 53.3 Å². The molecule has 1 aromatic heterocycles. The van der Waals surface area contributed by atoms with E-state index in [-0.39, 0.29) is 5.38 Å². The van der Waals surface area contributed by atoms with Crippen molar-refractivity contribution in [2.45, 2.75) is 45.0 Å². The molecular formula is C16H21ClN2. The number of hydrogen-bond donors (Lipinski definition) is 0. The van der Waals surface area contributed by atoms with E-state index in [2.05, 4.69) is 41.8 Å². The van der Waals surface area contributed by atoms with Gasteiger partial charge >= 0.3 is 0 Å². The fraction of sp³-hybridized carbons (Fsp3) is 0.438. The molecular weight excluding hydrogens is 256 g/mol. The summed E-state index contributed by atoms with van der Waals surface area (Å²) in [6.07, 6.45) is 2.91. The zero-order valence-electron chi connectivity index (χ0n) is 11.6. The second kappa shape index (κ2) is 6.76. The zero-order valence-corrected chi connectivity index (χ0v) is 12.4. The molecule has 102 valence electrons. The maximum atomic E-state index is 6.46. The minimum absolute atomic E-state index is 0.0754. The summed E-state index contributed by atoms with van der Waals surface area (Å²) in [5.41, 5.74) is 3.66. The SMILES string of the molecule is CCc1cc(CCC(Cl)c2ccccc2)n(CC)n1. The van der Waals surface area contributed by atoms with E-state index in [1.54, 1.807) is 0 Å². The van der Waals surface area contributed by atoms with Gasteiger partial charge in [-0.25, -0.2) is 0 Å². The largest absolute Gasteiger partial charge is 0.270 e. The highest BCUT2D eigenvalue weighted by atomic mass is 35.5. The van der Waals surface area contributed by atoms with Crippen LogP contribution in [0.2, 0.25) is 0 Å². The molecule has 0 amide bonds. The maximum Gasteiger partial charge on any atom is 0.0624 e. The van der Waals surface area contributed by atoms with E-state index >= 15 is 0 Å². The van der Waals surface area contributed by atoms with Crippen LogP contribution < -0.4 is 0 Å². The highest BCUT2D eigenvalue weighted by molar-refractivity contribution is 6.20. The third-order valence-corrected chi connectivity index (χ3v) is 3.86. The van der Waals surface area contributed by atoms with Gasteiger partial charge in [0.15, 0.2) is 0 Å². The molecule has 2 rings (SSSR count).